The number of hydrogen-bond acceptors (Lipinski definition) is 5. The molecule has 0 fully saturated rings. The van der Waals surface area contributed by atoms with Gasteiger partial charge in [-0.3, -0.25) is 16.8 Å². The fourth-order valence-electron chi connectivity index (χ4n) is 4.04. The number of para-hydroxylation sites is 1. The normalized spacial score (nSPS) is 15.3. The average molecular weight is 986 g/mol. The van der Waals surface area contributed by atoms with Crippen molar-refractivity contribution in [2.45, 2.75) is 18.4 Å². The van der Waals surface area contributed by atoms with Crippen LogP contribution in [0.1, 0.15) is 33.8 Å². The van der Waals surface area contributed by atoms with E-state index in [1.54, 1.807) is 48.5 Å². The Hall–Kier alpha value is -6.04. The van der Waals surface area contributed by atoms with Crippen molar-refractivity contribution in [3.8, 4) is 11.5 Å². The third-order valence-electron chi connectivity index (χ3n) is 5.68. The topological polar surface area (TPSA) is 108 Å². The molecular formula is C28H28Cm2FN2O5-3. The largest absolute Gasteiger partial charge is 0.505 e. The number of ether oxygens (including phenoxy) is 2. The van der Waals surface area contributed by atoms with Crippen molar-refractivity contribution >= 4 is 17.4 Å². The van der Waals surface area contributed by atoms with Crippen LogP contribution in [-0.2, 0) is 4.79 Å². The van der Waals surface area contributed by atoms with Crippen molar-refractivity contribution in [1.82, 2.24) is 5.32 Å². The van der Waals surface area contributed by atoms with Crippen LogP contribution in [0.5, 0.6) is 11.5 Å². The number of Topliss-reactive ketones (excluding diaryl/α,β-unsaturated/α-hetero) is 1. The number of nitrogens with zero attached hydrogens (tertiary/aromatic N) is 1. The number of amides is 1. The van der Waals surface area contributed by atoms with E-state index in [4.69, 9.17) is 14.5 Å². The minimum Gasteiger partial charge on any atom is -0.505 e. The number of hydrogen-bond donors (Lipinski definition) is 1. The Morgan fingerprint density at radius 1 is 1.11 bits per heavy atom. The van der Waals surface area contributed by atoms with E-state index in [0.717, 1.165) is 11.1 Å². The van der Waals surface area contributed by atoms with Crippen LogP contribution in [0.2, 0.25) is 0 Å². The van der Waals surface area contributed by atoms with Gasteiger partial charge in [0.15, 0.2) is 18.1 Å². The number of aliphatic imine (C=N–C) groups is 1. The number of carbonyl (C=O) groups is 2. The molecule has 0 spiro atoms. The maximum absolute atomic E-state index is 13.5. The first-order valence-electron chi connectivity index (χ1n) is 10.7. The second kappa shape index (κ2) is 13.7. The summed E-state index contributed by atoms with van der Waals surface area (Å²) in [5.74, 6) is -0.467. The van der Waals surface area contributed by atoms with Gasteiger partial charge in [0.25, 0.3) is 0 Å². The predicted molar refractivity (Wildman–Crippen MR) is 136 cm³/mol. The number of rotatable bonds is 8. The van der Waals surface area contributed by atoms with Crippen molar-refractivity contribution < 1.29 is 28.9 Å². The molecule has 4 rings (SSSR count). The summed E-state index contributed by atoms with van der Waals surface area (Å²) < 4.78 is 24.8. The van der Waals surface area contributed by atoms with Crippen molar-refractivity contribution in [3.63, 3.8) is 0 Å². The van der Waals surface area contributed by atoms with E-state index in [1.165, 1.54) is 19.2 Å². The standard InChI is InChI=1S/C27H23FN2O4.CH3.2Cm.H2O/c1-29-24(31)16-34-23-10-6-9-20(27(23)33-2)21-15-22(17-11-13-19(28)14-12-17)30-25(21)26(32)18-7-4-3-5-8-18;;;;/h3-7,9-14,21,25H,1,15-16H2,2H3,(H,29,31);1H3;;;1H2/q-2;-1;;;. The summed E-state index contributed by atoms with van der Waals surface area (Å²) in [5, 5.41) is 2.26. The Bertz CT molecular complexity index is 1220. The van der Waals surface area contributed by atoms with E-state index < -0.39 is 6.04 Å². The first-order chi connectivity index (χ1) is 16.5. The van der Waals surface area contributed by atoms with Gasteiger partial charge in [0.05, 0.1) is 13.2 Å². The zero-order valence-electron chi connectivity index (χ0n) is 20.8. The molecular weight excluding hydrogens is 957 g/mol. The fourth-order valence-corrected chi connectivity index (χ4v) is 4.04. The molecule has 3 N–H and O–H groups in total. The SMILES string of the molecule is O.[CH2-]NC(=O)COc1cccc(C2CC(c3ccc(F)cc3)=NC2C(=O)c2[c-]cccc2)c1OC.[CH3-].[Cm].[Cm]. The Balaban J connectivity index is 0.00000342. The zero-order chi connectivity index (χ0) is 24.1. The molecule has 3 aromatic rings. The summed E-state index contributed by atoms with van der Waals surface area (Å²) in [6.45, 7) is -0.230. The summed E-state index contributed by atoms with van der Waals surface area (Å²) >= 11 is 0. The van der Waals surface area contributed by atoms with Crippen LogP contribution in [0.4, 0.5) is 4.39 Å². The zero-order valence-corrected chi connectivity index (χ0v) is 26.7. The van der Waals surface area contributed by atoms with Crippen LogP contribution in [-0.4, -0.2) is 42.6 Å². The summed E-state index contributed by atoms with van der Waals surface area (Å²) in [7, 11) is 4.84. The predicted octanol–water partition coefficient (Wildman–Crippen LogP) is 3.77. The quantitative estimate of drug-likeness (QED) is 0.274. The molecule has 38 heavy (non-hydrogen) atoms. The van der Waals surface area contributed by atoms with E-state index >= 15 is 0 Å². The van der Waals surface area contributed by atoms with Gasteiger partial charge >= 0.3 is 0 Å². The van der Waals surface area contributed by atoms with Crippen molar-refractivity contribution in [3.05, 3.63) is 110 Å². The molecule has 0 radical (unpaired) electrons. The van der Waals surface area contributed by atoms with Gasteiger partial charge in [-0.1, -0.05) is 24.3 Å². The maximum atomic E-state index is 13.5. The third-order valence-corrected chi connectivity index (χ3v) is 5.68. The molecule has 0 saturated heterocycles. The number of carbonyl (C=O) groups excluding carboxylic acids is 2. The van der Waals surface area contributed by atoms with Gasteiger partial charge in [0.1, 0.15) is 11.6 Å². The number of methoxy groups -OCH3 is 1. The summed E-state index contributed by atoms with van der Waals surface area (Å²) in [6, 6.07) is 20.6. The van der Waals surface area contributed by atoms with Gasteiger partial charge in [-0.15, -0.1) is 35.9 Å². The van der Waals surface area contributed by atoms with Crippen molar-refractivity contribution in [1.29, 1.82) is 0 Å². The molecule has 0 bridgehead atoms. The molecule has 2 unspecified atom stereocenters. The second-order valence-corrected chi connectivity index (χ2v) is 7.75. The van der Waals surface area contributed by atoms with Crippen LogP contribution in [0.25, 0.3) is 0 Å². The summed E-state index contributed by atoms with van der Waals surface area (Å²) in [5.41, 5.74) is 2.60. The van der Waals surface area contributed by atoms with Crippen LogP contribution in [0.3, 0.4) is 0 Å². The van der Waals surface area contributed by atoms with Gasteiger partial charge in [0.2, 0.25) is 5.91 Å². The monoisotopic (exact) mass is 977 g/mol. The molecule has 206 valence electrons. The van der Waals surface area contributed by atoms with Gasteiger partial charge in [-0.05, 0) is 30.2 Å². The number of halogens is 1. The van der Waals surface area contributed by atoms with Gasteiger partial charge in [-0.2, -0.15) is 0 Å². The average Bonchev–Trinajstić information content (AvgIpc) is 3.32. The van der Waals surface area contributed by atoms with E-state index in [9.17, 15) is 14.0 Å². The second-order valence-electron chi connectivity index (χ2n) is 7.75. The third kappa shape index (κ3) is 6.34. The van der Waals surface area contributed by atoms with E-state index in [0.29, 0.717) is 29.2 Å². The van der Waals surface area contributed by atoms with Gasteiger partial charge in [-0.25, -0.2) is 4.39 Å². The minimum atomic E-state index is -0.731. The Kier molecular flexibility index (Phi) is 11.6. The molecule has 1 aliphatic rings. The van der Waals surface area contributed by atoms with Crippen molar-refractivity contribution in [2.24, 2.45) is 4.99 Å². The van der Waals surface area contributed by atoms with Crippen LogP contribution in [0, 0.1) is 26.4 Å². The van der Waals surface area contributed by atoms with E-state index in [-0.39, 0.29) is 42.9 Å². The first-order valence-corrected chi connectivity index (χ1v) is 10.7. The molecule has 1 amide bonds. The van der Waals surface area contributed by atoms with E-state index in [2.05, 4.69) is 18.4 Å². The van der Waals surface area contributed by atoms with Gasteiger partial charge < -0.3 is 32.5 Å². The number of nitrogens with one attached hydrogen (secondary N) is 1. The molecule has 10 heteroatoms. The van der Waals surface area contributed by atoms with Crippen LogP contribution >= 0.6 is 0 Å². The van der Waals surface area contributed by atoms with Crippen LogP contribution in [0.15, 0.2) is 71.7 Å². The molecule has 1 aliphatic heterocycles. The van der Waals surface area contributed by atoms with E-state index in [1.807, 2.05) is 6.07 Å². The molecule has 0 aromatic heterocycles. The van der Waals surface area contributed by atoms with Crippen LogP contribution < -0.4 is 14.8 Å². The molecule has 0 aliphatic carbocycles. The molecule has 2 atom stereocenters. The smallest absolute Gasteiger partial charge is 0.228 e. The molecule has 0 saturated carbocycles. The Morgan fingerprint density at radius 3 is 2.42 bits per heavy atom. The summed E-state index contributed by atoms with van der Waals surface area (Å²) in [6.07, 6.45) is 0.439. The summed E-state index contributed by atoms with van der Waals surface area (Å²) in [4.78, 5) is 29.9. The molecule has 1 heterocycles. The minimum absolute atomic E-state index is 0. The number of benzene rings is 3. The maximum Gasteiger partial charge on any atom is 0.228 e. The first kappa shape index (κ1) is 32.0. The number of ketones is 1. The van der Waals surface area contributed by atoms with Gasteiger partial charge in [0, 0.05) is 17.2 Å². The fraction of sp³-hybridized carbons (Fsp3) is 0.179. The Morgan fingerprint density at radius 2 is 1.82 bits per heavy atom. The molecule has 3 aromatic carbocycles. The Labute approximate surface area is 210 Å². The molecule has 7 nitrogen and oxygen atoms in total. The van der Waals surface area contributed by atoms with Crippen molar-refractivity contribution in [2.75, 3.05) is 13.7 Å².